The van der Waals surface area contributed by atoms with Crippen molar-refractivity contribution in [1.29, 1.82) is 0 Å². The fraction of sp³-hybridized carbons (Fsp3) is 0.588. The van der Waals surface area contributed by atoms with Crippen LogP contribution in [0.5, 0.6) is 0 Å². The van der Waals surface area contributed by atoms with Crippen LogP contribution >= 0.6 is 0 Å². The maximum absolute atomic E-state index is 12.0. The standard InChI is InChI=1S/C17H29N3O2/c1-13(17(2,3)4)20-16(21)19-12-14-8-6-7-9-15(14)18-10-11-22-5/h6-9,13,18H,10-12H2,1-5H3,(H2,19,20,21). The van der Waals surface area contributed by atoms with Gasteiger partial charge < -0.3 is 20.7 Å². The number of ether oxygens (including phenoxy) is 1. The third-order valence-electron chi connectivity index (χ3n) is 3.73. The molecule has 1 aromatic carbocycles. The van der Waals surface area contributed by atoms with E-state index in [0.717, 1.165) is 17.8 Å². The minimum Gasteiger partial charge on any atom is -0.383 e. The Morgan fingerprint density at radius 3 is 2.59 bits per heavy atom. The minimum absolute atomic E-state index is 0.0386. The van der Waals surface area contributed by atoms with Crippen molar-refractivity contribution >= 4 is 11.7 Å². The zero-order valence-corrected chi connectivity index (χ0v) is 14.3. The van der Waals surface area contributed by atoms with Crippen LogP contribution in [0.3, 0.4) is 0 Å². The number of amides is 2. The molecule has 22 heavy (non-hydrogen) atoms. The number of hydrogen-bond donors (Lipinski definition) is 3. The quantitative estimate of drug-likeness (QED) is 0.679. The van der Waals surface area contributed by atoms with E-state index in [0.29, 0.717) is 13.2 Å². The van der Waals surface area contributed by atoms with E-state index < -0.39 is 0 Å². The first-order valence-electron chi connectivity index (χ1n) is 7.69. The molecular formula is C17H29N3O2. The molecule has 0 heterocycles. The third kappa shape index (κ3) is 6.35. The molecule has 1 aromatic rings. The van der Waals surface area contributed by atoms with Crippen LogP contribution in [0.4, 0.5) is 10.5 Å². The Hall–Kier alpha value is -1.75. The molecular weight excluding hydrogens is 278 g/mol. The molecule has 5 nitrogen and oxygen atoms in total. The molecule has 2 amide bonds. The van der Waals surface area contributed by atoms with Crippen LogP contribution in [0.2, 0.25) is 0 Å². The summed E-state index contributed by atoms with van der Waals surface area (Å²) >= 11 is 0. The fourth-order valence-corrected chi connectivity index (χ4v) is 1.77. The van der Waals surface area contributed by atoms with E-state index in [1.807, 2.05) is 31.2 Å². The minimum atomic E-state index is -0.144. The summed E-state index contributed by atoms with van der Waals surface area (Å²) in [6, 6.07) is 7.90. The van der Waals surface area contributed by atoms with E-state index in [4.69, 9.17) is 4.74 Å². The fourth-order valence-electron chi connectivity index (χ4n) is 1.77. The number of rotatable bonds is 7. The maximum Gasteiger partial charge on any atom is 0.315 e. The average molecular weight is 307 g/mol. The predicted molar refractivity (Wildman–Crippen MR) is 91.1 cm³/mol. The van der Waals surface area contributed by atoms with Crippen LogP contribution in [-0.2, 0) is 11.3 Å². The van der Waals surface area contributed by atoms with Gasteiger partial charge in [0.2, 0.25) is 0 Å². The highest BCUT2D eigenvalue weighted by molar-refractivity contribution is 5.74. The molecule has 1 atom stereocenters. The van der Waals surface area contributed by atoms with E-state index >= 15 is 0 Å². The number of benzene rings is 1. The van der Waals surface area contributed by atoms with Crippen LogP contribution < -0.4 is 16.0 Å². The zero-order chi connectivity index (χ0) is 16.6. The number of methoxy groups -OCH3 is 1. The van der Waals surface area contributed by atoms with Crippen molar-refractivity contribution in [2.45, 2.75) is 40.3 Å². The number of para-hydroxylation sites is 1. The first-order chi connectivity index (χ1) is 10.3. The number of nitrogens with one attached hydrogen (secondary N) is 3. The SMILES string of the molecule is COCCNc1ccccc1CNC(=O)NC(C)C(C)(C)C. The number of hydrogen-bond acceptors (Lipinski definition) is 3. The van der Waals surface area contributed by atoms with Crippen molar-refractivity contribution in [1.82, 2.24) is 10.6 Å². The first-order valence-corrected chi connectivity index (χ1v) is 7.69. The smallest absolute Gasteiger partial charge is 0.315 e. The van der Waals surface area contributed by atoms with Gasteiger partial charge in [-0.2, -0.15) is 0 Å². The van der Waals surface area contributed by atoms with Crippen molar-refractivity contribution in [3.63, 3.8) is 0 Å². The van der Waals surface area contributed by atoms with E-state index in [1.165, 1.54) is 0 Å². The summed E-state index contributed by atoms with van der Waals surface area (Å²) in [5.41, 5.74) is 2.11. The predicted octanol–water partition coefficient (Wildman–Crippen LogP) is 2.98. The molecule has 0 aliphatic carbocycles. The average Bonchev–Trinajstić information content (AvgIpc) is 2.45. The van der Waals surface area contributed by atoms with Gasteiger partial charge in [0, 0.05) is 31.9 Å². The topological polar surface area (TPSA) is 62.4 Å². The third-order valence-corrected chi connectivity index (χ3v) is 3.73. The molecule has 0 aliphatic rings. The van der Waals surface area contributed by atoms with Gasteiger partial charge in [0.05, 0.1) is 6.61 Å². The largest absolute Gasteiger partial charge is 0.383 e. The van der Waals surface area contributed by atoms with Crippen LogP contribution in [0, 0.1) is 5.41 Å². The lowest BCUT2D eigenvalue weighted by atomic mass is 9.88. The lowest BCUT2D eigenvalue weighted by Crippen LogP contribution is -2.46. The lowest BCUT2D eigenvalue weighted by Gasteiger charge is -2.28. The summed E-state index contributed by atoms with van der Waals surface area (Å²) in [7, 11) is 1.68. The van der Waals surface area contributed by atoms with E-state index in [2.05, 4.69) is 36.7 Å². The highest BCUT2D eigenvalue weighted by Gasteiger charge is 2.21. The van der Waals surface area contributed by atoms with Gasteiger partial charge in [-0.3, -0.25) is 0 Å². The van der Waals surface area contributed by atoms with Gasteiger partial charge in [0.15, 0.2) is 0 Å². The summed E-state index contributed by atoms with van der Waals surface area (Å²) in [4.78, 5) is 12.0. The molecule has 1 unspecified atom stereocenters. The number of carbonyl (C=O) groups excluding carboxylic acids is 1. The van der Waals surface area contributed by atoms with Crippen molar-refractivity contribution in [2.75, 3.05) is 25.6 Å². The molecule has 0 fully saturated rings. The molecule has 0 aliphatic heterocycles. The molecule has 124 valence electrons. The van der Waals surface area contributed by atoms with E-state index in [-0.39, 0.29) is 17.5 Å². The Kier molecular flexibility index (Phi) is 7.18. The normalized spacial score (nSPS) is 12.6. The van der Waals surface area contributed by atoms with E-state index in [1.54, 1.807) is 7.11 Å². The number of anilines is 1. The second-order valence-electron chi connectivity index (χ2n) is 6.49. The van der Waals surface area contributed by atoms with Gasteiger partial charge >= 0.3 is 6.03 Å². The lowest BCUT2D eigenvalue weighted by molar-refractivity contribution is 0.210. The Morgan fingerprint density at radius 1 is 1.27 bits per heavy atom. The molecule has 0 radical (unpaired) electrons. The van der Waals surface area contributed by atoms with Crippen LogP contribution in [-0.4, -0.2) is 32.3 Å². The molecule has 0 spiro atoms. The summed E-state index contributed by atoms with van der Waals surface area (Å²) < 4.78 is 5.03. The van der Waals surface area contributed by atoms with Gasteiger partial charge in [-0.25, -0.2) is 4.79 Å². The molecule has 0 aromatic heterocycles. The Morgan fingerprint density at radius 2 is 1.95 bits per heavy atom. The zero-order valence-electron chi connectivity index (χ0n) is 14.3. The molecule has 0 saturated carbocycles. The Labute approximate surface area is 133 Å². The van der Waals surface area contributed by atoms with Gasteiger partial charge in [0.1, 0.15) is 0 Å². The monoisotopic (exact) mass is 307 g/mol. The Bertz CT molecular complexity index is 469. The summed E-state index contributed by atoms with van der Waals surface area (Å²) in [5.74, 6) is 0. The van der Waals surface area contributed by atoms with Gasteiger partial charge in [-0.15, -0.1) is 0 Å². The summed E-state index contributed by atoms with van der Waals surface area (Å²) in [6.07, 6.45) is 0. The molecule has 3 N–H and O–H groups in total. The Balaban J connectivity index is 2.52. The van der Waals surface area contributed by atoms with E-state index in [9.17, 15) is 4.79 Å². The highest BCUT2D eigenvalue weighted by atomic mass is 16.5. The van der Waals surface area contributed by atoms with Crippen LogP contribution in [0.15, 0.2) is 24.3 Å². The highest BCUT2D eigenvalue weighted by Crippen LogP contribution is 2.18. The molecule has 0 saturated heterocycles. The van der Waals surface area contributed by atoms with Crippen molar-refractivity contribution in [3.8, 4) is 0 Å². The second-order valence-corrected chi connectivity index (χ2v) is 6.49. The van der Waals surface area contributed by atoms with Crippen molar-refractivity contribution in [2.24, 2.45) is 5.41 Å². The first kappa shape index (κ1) is 18.3. The number of carbonyl (C=O) groups is 1. The van der Waals surface area contributed by atoms with Gasteiger partial charge in [-0.1, -0.05) is 39.0 Å². The molecule has 5 heteroatoms. The summed E-state index contributed by atoms with van der Waals surface area (Å²) in [6.45, 7) is 10.2. The van der Waals surface area contributed by atoms with Crippen LogP contribution in [0.1, 0.15) is 33.3 Å². The number of urea groups is 1. The molecule has 0 bridgehead atoms. The maximum atomic E-state index is 12.0. The van der Waals surface area contributed by atoms with Gasteiger partial charge in [-0.05, 0) is 24.0 Å². The van der Waals surface area contributed by atoms with Crippen molar-refractivity contribution < 1.29 is 9.53 Å². The summed E-state index contributed by atoms with van der Waals surface area (Å²) in [5, 5.41) is 9.19. The van der Waals surface area contributed by atoms with Crippen molar-refractivity contribution in [3.05, 3.63) is 29.8 Å². The molecule has 1 rings (SSSR count). The second kappa shape index (κ2) is 8.63. The van der Waals surface area contributed by atoms with Gasteiger partial charge in [0.25, 0.3) is 0 Å². The van der Waals surface area contributed by atoms with Crippen LogP contribution in [0.25, 0.3) is 0 Å².